The van der Waals surface area contributed by atoms with Gasteiger partial charge in [-0.2, -0.15) is 0 Å². The number of hydrogen-bond donors (Lipinski definition) is 3. The Morgan fingerprint density at radius 2 is 1.76 bits per heavy atom. The molecule has 2 heterocycles. The summed E-state index contributed by atoms with van der Waals surface area (Å²) in [6.07, 6.45) is 4.97. The predicted octanol–water partition coefficient (Wildman–Crippen LogP) is 5.41. The molecule has 1 aliphatic rings. The van der Waals surface area contributed by atoms with Crippen LogP contribution in [0, 0.1) is 6.92 Å². The van der Waals surface area contributed by atoms with E-state index in [0.717, 1.165) is 26.9 Å². The fourth-order valence-corrected chi connectivity index (χ4v) is 4.70. The van der Waals surface area contributed by atoms with Crippen LogP contribution >= 0.6 is 11.8 Å². The molecule has 33 heavy (non-hydrogen) atoms. The molecule has 0 amide bonds. The summed E-state index contributed by atoms with van der Waals surface area (Å²) in [4.78, 5) is 12.7. The molecule has 172 valence electrons. The highest BCUT2D eigenvalue weighted by atomic mass is 32.2. The van der Waals surface area contributed by atoms with Gasteiger partial charge in [0.1, 0.15) is 11.3 Å². The Kier molecular flexibility index (Phi) is 7.65. The molecular formula is C26H31N5OS. The summed E-state index contributed by atoms with van der Waals surface area (Å²) in [6.45, 7) is 7.91. The number of anilines is 3. The third-order valence-corrected chi connectivity index (χ3v) is 7.00. The van der Waals surface area contributed by atoms with Crippen molar-refractivity contribution >= 4 is 29.1 Å². The standard InChI is InChI=1S/C26H31N5OS/c1-4-24(32)28-21-9-11-23(12-10-21)33-25-18(2)17-27-26(30-25)29-22-7-5-19(6-8-22)20-13-15-31(3)16-14-20/h4-12,17,20,24,28,32H,1,13-16H2,2-3H3,(H,27,29,30). The molecule has 6 nitrogen and oxygen atoms in total. The average molecular weight is 462 g/mol. The van der Waals surface area contributed by atoms with E-state index in [1.807, 2.05) is 37.4 Å². The average Bonchev–Trinajstić information content (AvgIpc) is 2.83. The molecule has 1 fully saturated rings. The third-order valence-electron chi connectivity index (χ3n) is 5.89. The molecule has 2 aromatic carbocycles. The van der Waals surface area contributed by atoms with Crippen molar-refractivity contribution in [1.82, 2.24) is 14.9 Å². The largest absolute Gasteiger partial charge is 0.370 e. The van der Waals surface area contributed by atoms with Gasteiger partial charge in [-0.25, -0.2) is 9.97 Å². The molecule has 1 unspecified atom stereocenters. The fraction of sp³-hybridized carbons (Fsp3) is 0.308. The van der Waals surface area contributed by atoms with Crippen LogP contribution in [0.4, 0.5) is 17.3 Å². The van der Waals surface area contributed by atoms with Gasteiger partial charge in [0.05, 0.1) is 0 Å². The Bertz CT molecular complexity index is 1060. The van der Waals surface area contributed by atoms with Crippen LogP contribution in [0.2, 0.25) is 0 Å². The Labute approximate surface area is 200 Å². The van der Waals surface area contributed by atoms with E-state index >= 15 is 0 Å². The van der Waals surface area contributed by atoms with Crippen LogP contribution < -0.4 is 10.6 Å². The van der Waals surface area contributed by atoms with Gasteiger partial charge in [-0.3, -0.25) is 0 Å². The summed E-state index contributed by atoms with van der Waals surface area (Å²) in [5, 5.41) is 16.8. The molecule has 1 aromatic heterocycles. The molecule has 0 aliphatic carbocycles. The van der Waals surface area contributed by atoms with Gasteiger partial charge in [0.15, 0.2) is 0 Å². The second-order valence-corrected chi connectivity index (χ2v) is 9.52. The van der Waals surface area contributed by atoms with Crippen molar-refractivity contribution in [2.45, 2.75) is 41.8 Å². The summed E-state index contributed by atoms with van der Waals surface area (Å²) >= 11 is 1.59. The number of nitrogens with zero attached hydrogens (tertiary/aromatic N) is 3. The van der Waals surface area contributed by atoms with Crippen molar-refractivity contribution in [2.24, 2.45) is 0 Å². The van der Waals surface area contributed by atoms with E-state index in [1.54, 1.807) is 11.8 Å². The number of rotatable bonds is 8. The van der Waals surface area contributed by atoms with Gasteiger partial charge in [0.25, 0.3) is 0 Å². The van der Waals surface area contributed by atoms with Gasteiger partial charge in [0.2, 0.25) is 5.95 Å². The SMILES string of the molecule is C=CC(O)Nc1ccc(Sc2nc(Nc3ccc(C4CCN(C)CC4)cc3)ncc2C)cc1. The smallest absolute Gasteiger partial charge is 0.228 e. The van der Waals surface area contributed by atoms with Crippen molar-refractivity contribution < 1.29 is 5.11 Å². The zero-order valence-electron chi connectivity index (χ0n) is 19.2. The first kappa shape index (κ1) is 23.3. The number of aliphatic hydroxyl groups excluding tert-OH is 1. The van der Waals surface area contributed by atoms with Crippen LogP contribution in [0.15, 0.2) is 77.3 Å². The number of nitrogens with one attached hydrogen (secondary N) is 2. The number of aromatic nitrogens is 2. The van der Waals surface area contributed by atoms with Crippen LogP contribution in [-0.4, -0.2) is 46.3 Å². The van der Waals surface area contributed by atoms with Gasteiger partial charge < -0.3 is 20.6 Å². The van der Waals surface area contributed by atoms with E-state index in [2.05, 4.69) is 58.4 Å². The van der Waals surface area contributed by atoms with E-state index in [9.17, 15) is 5.11 Å². The maximum Gasteiger partial charge on any atom is 0.228 e. The quantitative estimate of drug-likeness (QED) is 0.235. The molecule has 4 rings (SSSR count). The van der Waals surface area contributed by atoms with Gasteiger partial charge in [-0.1, -0.05) is 30.5 Å². The lowest BCUT2D eigenvalue weighted by atomic mass is 9.89. The van der Waals surface area contributed by atoms with E-state index < -0.39 is 6.23 Å². The minimum atomic E-state index is -0.764. The Hall–Kier alpha value is -2.87. The molecule has 3 N–H and O–H groups in total. The lowest BCUT2D eigenvalue weighted by molar-refractivity contribution is 0.253. The minimum absolute atomic E-state index is 0.586. The molecule has 7 heteroatoms. The van der Waals surface area contributed by atoms with Crippen molar-refractivity contribution in [3.05, 3.63) is 78.5 Å². The maximum absolute atomic E-state index is 9.63. The zero-order chi connectivity index (χ0) is 23.2. The Morgan fingerprint density at radius 3 is 2.42 bits per heavy atom. The molecule has 0 saturated carbocycles. The number of likely N-dealkylation sites (tertiary alicyclic amines) is 1. The first-order valence-electron chi connectivity index (χ1n) is 11.2. The number of benzene rings is 2. The van der Waals surface area contributed by atoms with E-state index in [4.69, 9.17) is 4.98 Å². The van der Waals surface area contributed by atoms with Crippen molar-refractivity contribution in [1.29, 1.82) is 0 Å². The number of piperidine rings is 1. The number of aliphatic hydroxyl groups is 1. The predicted molar refractivity (Wildman–Crippen MR) is 136 cm³/mol. The molecule has 0 radical (unpaired) electrons. The monoisotopic (exact) mass is 461 g/mol. The van der Waals surface area contributed by atoms with Crippen LogP contribution in [0.3, 0.4) is 0 Å². The Balaban J connectivity index is 1.40. The number of hydrogen-bond acceptors (Lipinski definition) is 7. The molecule has 1 atom stereocenters. The van der Waals surface area contributed by atoms with E-state index in [1.165, 1.54) is 37.6 Å². The van der Waals surface area contributed by atoms with Gasteiger partial charge >= 0.3 is 0 Å². The second kappa shape index (κ2) is 10.8. The van der Waals surface area contributed by atoms with Crippen LogP contribution in [0.1, 0.15) is 29.9 Å². The lowest BCUT2D eigenvalue weighted by Crippen LogP contribution is -2.29. The third kappa shape index (κ3) is 6.35. The van der Waals surface area contributed by atoms with E-state index in [-0.39, 0.29) is 0 Å². The summed E-state index contributed by atoms with van der Waals surface area (Å²) < 4.78 is 0. The second-order valence-electron chi connectivity index (χ2n) is 8.46. The normalized spacial score (nSPS) is 15.7. The summed E-state index contributed by atoms with van der Waals surface area (Å²) in [5.74, 6) is 1.23. The van der Waals surface area contributed by atoms with E-state index in [0.29, 0.717) is 11.9 Å². The highest BCUT2D eigenvalue weighted by Crippen LogP contribution is 2.31. The maximum atomic E-state index is 9.63. The number of aryl methyl sites for hydroxylation is 1. The minimum Gasteiger partial charge on any atom is -0.370 e. The highest BCUT2D eigenvalue weighted by Gasteiger charge is 2.18. The Morgan fingerprint density at radius 1 is 1.09 bits per heavy atom. The fourth-order valence-electron chi connectivity index (χ4n) is 3.86. The molecule has 1 aliphatic heterocycles. The van der Waals surface area contributed by atoms with Gasteiger partial charge in [-0.15, -0.1) is 0 Å². The summed E-state index contributed by atoms with van der Waals surface area (Å²) in [5.41, 5.74) is 4.25. The van der Waals surface area contributed by atoms with Crippen LogP contribution in [0.5, 0.6) is 0 Å². The molecular weight excluding hydrogens is 430 g/mol. The highest BCUT2D eigenvalue weighted by molar-refractivity contribution is 7.99. The first-order valence-corrected chi connectivity index (χ1v) is 12.1. The summed E-state index contributed by atoms with van der Waals surface area (Å²) in [7, 11) is 2.19. The van der Waals surface area contributed by atoms with Gasteiger partial charge in [0, 0.05) is 28.0 Å². The summed E-state index contributed by atoms with van der Waals surface area (Å²) in [6, 6.07) is 16.5. The van der Waals surface area contributed by atoms with Crippen molar-refractivity contribution in [3.8, 4) is 0 Å². The topological polar surface area (TPSA) is 73.3 Å². The van der Waals surface area contributed by atoms with Crippen molar-refractivity contribution in [3.63, 3.8) is 0 Å². The molecule has 1 saturated heterocycles. The van der Waals surface area contributed by atoms with Crippen LogP contribution in [-0.2, 0) is 0 Å². The molecule has 3 aromatic rings. The van der Waals surface area contributed by atoms with Gasteiger partial charge in [-0.05, 0) is 93.9 Å². The van der Waals surface area contributed by atoms with Crippen LogP contribution in [0.25, 0.3) is 0 Å². The molecule has 0 spiro atoms. The zero-order valence-corrected chi connectivity index (χ0v) is 20.0. The molecule has 0 bridgehead atoms. The van der Waals surface area contributed by atoms with Crippen molar-refractivity contribution in [2.75, 3.05) is 30.8 Å². The lowest BCUT2D eigenvalue weighted by Gasteiger charge is -2.29. The first-order chi connectivity index (χ1) is 16.0.